The number of amides is 1. The van der Waals surface area contributed by atoms with Crippen LogP contribution in [0.25, 0.3) is 0 Å². The molecule has 16 heavy (non-hydrogen) atoms. The number of anilines is 1. The fraction of sp³-hybridized carbons (Fsp3) is 0.333. The standard InChI is InChI=1S/C12H13ClN2O/c1-3-9-4-11(16)15(7-9)12-8(2)5-14-6-10(12)13/h3,5-6,9H,1,4,7H2,2H3. The summed E-state index contributed by atoms with van der Waals surface area (Å²) in [5.41, 5.74) is 1.71. The van der Waals surface area contributed by atoms with E-state index in [1.54, 1.807) is 17.3 Å². The molecule has 1 atom stereocenters. The summed E-state index contributed by atoms with van der Waals surface area (Å²) in [6.45, 7) is 6.29. The molecule has 0 aliphatic carbocycles. The van der Waals surface area contributed by atoms with Crippen molar-refractivity contribution in [3.8, 4) is 0 Å². The van der Waals surface area contributed by atoms with E-state index in [0.717, 1.165) is 11.3 Å². The van der Waals surface area contributed by atoms with E-state index >= 15 is 0 Å². The molecule has 1 saturated heterocycles. The lowest BCUT2D eigenvalue weighted by Gasteiger charge is -2.19. The molecule has 1 aliphatic rings. The zero-order chi connectivity index (χ0) is 11.7. The van der Waals surface area contributed by atoms with Gasteiger partial charge in [-0.2, -0.15) is 0 Å². The van der Waals surface area contributed by atoms with Gasteiger partial charge in [0.05, 0.1) is 10.7 Å². The molecule has 0 N–H and O–H groups in total. The van der Waals surface area contributed by atoms with Crippen LogP contribution in [-0.4, -0.2) is 17.4 Å². The highest BCUT2D eigenvalue weighted by atomic mass is 35.5. The average molecular weight is 237 g/mol. The van der Waals surface area contributed by atoms with Gasteiger partial charge in [-0.1, -0.05) is 17.7 Å². The quantitative estimate of drug-likeness (QED) is 0.740. The summed E-state index contributed by atoms with van der Waals surface area (Å²) in [6.07, 6.45) is 5.62. The van der Waals surface area contributed by atoms with Crippen LogP contribution in [0.15, 0.2) is 25.0 Å². The zero-order valence-corrected chi connectivity index (χ0v) is 9.87. The lowest BCUT2D eigenvalue weighted by molar-refractivity contribution is -0.117. The normalized spacial score (nSPS) is 20.2. The molecule has 0 radical (unpaired) electrons. The predicted molar refractivity (Wildman–Crippen MR) is 64.6 cm³/mol. The molecule has 1 aromatic heterocycles. The van der Waals surface area contributed by atoms with Crippen molar-refractivity contribution in [3.63, 3.8) is 0 Å². The van der Waals surface area contributed by atoms with E-state index in [4.69, 9.17) is 11.6 Å². The summed E-state index contributed by atoms with van der Waals surface area (Å²) in [7, 11) is 0. The van der Waals surface area contributed by atoms with Crippen molar-refractivity contribution in [2.24, 2.45) is 5.92 Å². The molecule has 0 saturated carbocycles. The van der Waals surface area contributed by atoms with Crippen LogP contribution in [0.5, 0.6) is 0 Å². The highest BCUT2D eigenvalue weighted by molar-refractivity contribution is 6.34. The summed E-state index contributed by atoms with van der Waals surface area (Å²) in [6, 6.07) is 0. The number of aromatic nitrogens is 1. The van der Waals surface area contributed by atoms with E-state index < -0.39 is 0 Å². The Balaban J connectivity index is 2.38. The van der Waals surface area contributed by atoms with Crippen molar-refractivity contribution < 1.29 is 4.79 Å². The van der Waals surface area contributed by atoms with Crippen LogP contribution in [0, 0.1) is 12.8 Å². The number of carbonyl (C=O) groups is 1. The number of aryl methyl sites for hydroxylation is 1. The van der Waals surface area contributed by atoms with E-state index in [0.29, 0.717) is 18.0 Å². The molecule has 1 aromatic rings. The van der Waals surface area contributed by atoms with Gasteiger partial charge in [0, 0.05) is 31.3 Å². The molecular formula is C12H13ClN2O. The van der Waals surface area contributed by atoms with Gasteiger partial charge >= 0.3 is 0 Å². The second kappa shape index (κ2) is 4.26. The summed E-state index contributed by atoms with van der Waals surface area (Å²) in [4.78, 5) is 17.6. The lowest BCUT2D eigenvalue weighted by Crippen LogP contribution is -2.25. The molecule has 0 spiro atoms. The van der Waals surface area contributed by atoms with Crippen molar-refractivity contribution in [1.82, 2.24) is 4.98 Å². The largest absolute Gasteiger partial charge is 0.310 e. The topological polar surface area (TPSA) is 33.2 Å². The third kappa shape index (κ3) is 1.83. The van der Waals surface area contributed by atoms with Crippen LogP contribution in [0.3, 0.4) is 0 Å². The third-order valence-corrected chi connectivity index (χ3v) is 3.09. The van der Waals surface area contributed by atoms with Crippen molar-refractivity contribution >= 4 is 23.2 Å². The Morgan fingerprint density at radius 2 is 2.38 bits per heavy atom. The summed E-state index contributed by atoms with van der Waals surface area (Å²) >= 11 is 6.08. The first kappa shape index (κ1) is 11.1. The minimum Gasteiger partial charge on any atom is -0.310 e. The molecule has 0 bridgehead atoms. The fourth-order valence-corrected chi connectivity index (χ4v) is 2.28. The molecule has 3 nitrogen and oxygen atoms in total. The number of carbonyl (C=O) groups excluding carboxylic acids is 1. The molecule has 1 aliphatic heterocycles. The number of rotatable bonds is 2. The van der Waals surface area contributed by atoms with Gasteiger partial charge in [0.15, 0.2) is 0 Å². The summed E-state index contributed by atoms with van der Waals surface area (Å²) < 4.78 is 0. The first-order chi connectivity index (χ1) is 7.63. The number of nitrogens with zero attached hydrogens (tertiary/aromatic N) is 2. The third-order valence-electron chi connectivity index (χ3n) is 2.81. The molecule has 1 amide bonds. The summed E-state index contributed by atoms with van der Waals surface area (Å²) in [5.74, 6) is 0.317. The van der Waals surface area contributed by atoms with Crippen LogP contribution in [0.4, 0.5) is 5.69 Å². The van der Waals surface area contributed by atoms with Crippen LogP contribution in [-0.2, 0) is 4.79 Å². The Morgan fingerprint density at radius 3 is 2.94 bits per heavy atom. The Labute approximate surface area is 99.7 Å². The van der Waals surface area contributed by atoms with Crippen LogP contribution in [0.2, 0.25) is 5.02 Å². The number of pyridine rings is 1. The average Bonchev–Trinajstić information content (AvgIpc) is 2.60. The predicted octanol–water partition coefficient (Wildman–Crippen LogP) is 2.58. The highest BCUT2D eigenvalue weighted by Gasteiger charge is 2.30. The molecule has 4 heteroatoms. The Kier molecular flexibility index (Phi) is 2.97. The highest BCUT2D eigenvalue weighted by Crippen LogP contribution is 2.33. The fourth-order valence-electron chi connectivity index (χ4n) is 1.98. The number of halogens is 1. The van der Waals surface area contributed by atoms with Gasteiger partial charge in [0.1, 0.15) is 0 Å². The minimum absolute atomic E-state index is 0.0982. The maximum atomic E-state index is 11.8. The SMILES string of the molecule is C=CC1CC(=O)N(c2c(C)cncc2Cl)C1. The Bertz CT molecular complexity index is 424. The van der Waals surface area contributed by atoms with E-state index in [9.17, 15) is 4.79 Å². The van der Waals surface area contributed by atoms with Gasteiger partial charge in [-0.3, -0.25) is 9.78 Å². The Hall–Kier alpha value is -1.35. The van der Waals surface area contributed by atoms with Gasteiger partial charge in [-0.05, 0) is 12.5 Å². The van der Waals surface area contributed by atoms with Crippen LogP contribution in [0.1, 0.15) is 12.0 Å². The second-order valence-electron chi connectivity index (χ2n) is 3.99. The van der Waals surface area contributed by atoms with E-state index in [2.05, 4.69) is 11.6 Å². The second-order valence-corrected chi connectivity index (χ2v) is 4.40. The zero-order valence-electron chi connectivity index (χ0n) is 9.11. The monoisotopic (exact) mass is 236 g/mol. The Morgan fingerprint density at radius 1 is 1.62 bits per heavy atom. The van der Waals surface area contributed by atoms with Crippen molar-refractivity contribution in [1.29, 1.82) is 0 Å². The van der Waals surface area contributed by atoms with Gasteiger partial charge in [0.2, 0.25) is 5.91 Å². The lowest BCUT2D eigenvalue weighted by atomic mass is 10.1. The van der Waals surface area contributed by atoms with Gasteiger partial charge < -0.3 is 4.90 Å². The molecule has 84 valence electrons. The first-order valence-electron chi connectivity index (χ1n) is 5.16. The minimum atomic E-state index is 0.0982. The smallest absolute Gasteiger partial charge is 0.227 e. The number of hydrogen-bond donors (Lipinski definition) is 0. The van der Waals surface area contributed by atoms with Crippen molar-refractivity contribution in [2.45, 2.75) is 13.3 Å². The molecule has 1 fully saturated rings. The van der Waals surface area contributed by atoms with Gasteiger partial charge in [-0.25, -0.2) is 0 Å². The van der Waals surface area contributed by atoms with E-state index in [1.165, 1.54) is 0 Å². The van der Waals surface area contributed by atoms with Crippen molar-refractivity contribution in [2.75, 3.05) is 11.4 Å². The maximum absolute atomic E-state index is 11.8. The molecule has 2 rings (SSSR count). The van der Waals surface area contributed by atoms with Gasteiger partial charge in [-0.15, -0.1) is 6.58 Å². The molecular weight excluding hydrogens is 224 g/mol. The van der Waals surface area contributed by atoms with Crippen molar-refractivity contribution in [3.05, 3.63) is 35.6 Å². The summed E-state index contributed by atoms with van der Waals surface area (Å²) in [5, 5.41) is 0.526. The number of hydrogen-bond acceptors (Lipinski definition) is 2. The molecule has 0 aromatic carbocycles. The maximum Gasteiger partial charge on any atom is 0.227 e. The van der Waals surface area contributed by atoms with Crippen LogP contribution >= 0.6 is 11.6 Å². The molecule has 1 unspecified atom stereocenters. The van der Waals surface area contributed by atoms with Gasteiger partial charge in [0.25, 0.3) is 0 Å². The van der Waals surface area contributed by atoms with E-state index in [1.807, 2.05) is 13.0 Å². The first-order valence-corrected chi connectivity index (χ1v) is 5.54. The molecule has 2 heterocycles. The van der Waals surface area contributed by atoms with Crippen LogP contribution < -0.4 is 4.90 Å². The van der Waals surface area contributed by atoms with E-state index in [-0.39, 0.29) is 11.8 Å².